The van der Waals surface area contributed by atoms with Gasteiger partial charge in [0.15, 0.2) is 0 Å². The molecule has 0 radical (unpaired) electrons. The molecule has 0 saturated heterocycles. The van der Waals surface area contributed by atoms with Crippen molar-refractivity contribution < 1.29 is 14.3 Å². The van der Waals surface area contributed by atoms with Gasteiger partial charge in [-0.05, 0) is 37.1 Å². The van der Waals surface area contributed by atoms with E-state index in [9.17, 15) is 9.18 Å². The number of amides is 1. The standard InChI is InChI=1S/C17H27FN2O2/c1-14(11-15-5-4-6-16(18)13-15)12-17(22)20(3)8-7-19(2)9-10-21/h4-6,13-14,21H,7-12H2,1-3H3. The van der Waals surface area contributed by atoms with Crippen molar-refractivity contribution in [3.63, 3.8) is 0 Å². The van der Waals surface area contributed by atoms with Gasteiger partial charge in [0, 0.05) is 33.1 Å². The first-order valence-corrected chi connectivity index (χ1v) is 7.70. The molecule has 1 N–H and O–H groups in total. The van der Waals surface area contributed by atoms with Crippen LogP contribution in [0.1, 0.15) is 18.9 Å². The van der Waals surface area contributed by atoms with Gasteiger partial charge in [0.25, 0.3) is 0 Å². The number of benzene rings is 1. The maximum absolute atomic E-state index is 13.1. The Kier molecular flexibility index (Phi) is 8.06. The van der Waals surface area contributed by atoms with E-state index in [1.807, 2.05) is 24.9 Å². The van der Waals surface area contributed by atoms with Crippen molar-refractivity contribution in [1.29, 1.82) is 0 Å². The Balaban J connectivity index is 2.36. The van der Waals surface area contributed by atoms with E-state index < -0.39 is 0 Å². The van der Waals surface area contributed by atoms with Gasteiger partial charge in [0.2, 0.25) is 5.91 Å². The zero-order valence-corrected chi connectivity index (χ0v) is 13.8. The minimum absolute atomic E-state index is 0.0984. The minimum Gasteiger partial charge on any atom is -0.395 e. The molecule has 1 aromatic rings. The highest BCUT2D eigenvalue weighted by atomic mass is 19.1. The average Bonchev–Trinajstić information content (AvgIpc) is 2.44. The number of carbonyl (C=O) groups excluding carboxylic acids is 1. The second-order valence-electron chi connectivity index (χ2n) is 5.99. The topological polar surface area (TPSA) is 43.8 Å². The molecule has 1 aromatic carbocycles. The van der Waals surface area contributed by atoms with Gasteiger partial charge in [-0.25, -0.2) is 4.39 Å². The molecule has 1 unspecified atom stereocenters. The predicted molar refractivity (Wildman–Crippen MR) is 86.1 cm³/mol. The Morgan fingerprint density at radius 3 is 2.64 bits per heavy atom. The molecule has 0 bridgehead atoms. The first-order chi connectivity index (χ1) is 10.4. The van der Waals surface area contributed by atoms with Crippen LogP contribution in [0.15, 0.2) is 24.3 Å². The summed E-state index contributed by atoms with van der Waals surface area (Å²) >= 11 is 0. The van der Waals surface area contributed by atoms with Gasteiger partial charge in [0.05, 0.1) is 6.61 Å². The van der Waals surface area contributed by atoms with Crippen LogP contribution in [0.25, 0.3) is 0 Å². The van der Waals surface area contributed by atoms with Crippen LogP contribution in [0.5, 0.6) is 0 Å². The van der Waals surface area contributed by atoms with Gasteiger partial charge in [0.1, 0.15) is 5.82 Å². The second kappa shape index (κ2) is 9.54. The van der Waals surface area contributed by atoms with Gasteiger partial charge >= 0.3 is 0 Å². The van der Waals surface area contributed by atoms with Crippen molar-refractivity contribution in [3.05, 3.63) is 35.6 Å². The van der Waals surface area contributed by atoms with Crippen LogP contribution >= 0.6 is 0 Å². The van der Waals surface area contributed by atoms with Gasteiger partial charge < -0.3 is 14.9 Å². The lowest BCUT2D eigenvalue weighted by molar-refractivity contribution is -0.130. The molecule has 0 aliphatic heterocycles. The fourth-order valence-electron chi connectivity index (χ4n) is 2.32. The van der Waals surface area contributed by atoms with Crippen LogP contribution < -0.4 is 0 Å². The van der Waals surface area contributed by atoms with E-state index in [0.717, 1.165) is 12.1 Å². The molecule has 0 heterocycles. The Morgan fingerprint density at radius 2 is 2.00 bits per heavy atom. The minimum atomic E-state index is -0.236. The highest BCUT2D eigenvalue weighted by Crippen LogP contribution is 2.14. The summed E-state index contributed by atoms with van der Waals surface area (Å²) in [6.45, 7) is 4.12. The fraction of sp³-hybridized carbons (Fsp3) is 0.588. The maximum Gasteiger partial charge on any atom is 0.222 e. The van der Waals surface area contributed by atoms with Crippen LogP contribution in [-0.2, 0) is 11.2 Å². The third-order valence-corrected chi connectivity index (χ3v) is 3.72. The number of aliphatic hydroxyl groups excluding tert-OH is 1. The Bertz CT molecular complexity index is 468. The normalized spacial score (nSPS) is 12.5. The molecule has 1 atom stereocenters. The van der Waals surface area contributed by atoms with Crippen molar-refractivity contribution in [1.82, 2.24) is 9.80 Å². The maximum atomic E-state index is 13.1. The highest BCUT2D eigenvalue weighted by molar-refractivity contribution is 5.76. The van der Waals surface area contributed by atoms with E-state index in [1.54, 1.807) is 18.0 Å². The predicted octanol–water partition coefficient (Wildman–Crippen LogP) is 1.78. The molecule has 0 aliphatic rings. The molecule has 0 spiro atoms. The molecule has 1 rings (SSSR count). The van der Waals surface area contributed by atoms with Crippen LogP contribution in [-0.4, -0.2) is 61.2 Å². The van der Waals surface area contributed by atoms with Crippen LogP contribution in [0, 0.1) is 11.7 Å². The summed E-state index contributed by atoms with van der Waals surface area (Å²) in [5.41, 5.74) is 0.922. The van der Waals surface area contributed by atoms with Crippen molar-refractivity contribution >= 4 is 5.91 Å². The Hall–Kier alpha value is -1.46. The first-order valence-electron chi connectivity index (χ1n) is 7.70. The summed E-state index contributed by atoms with van der Waals surface area (Å²) in [6, 6.07) is 6.53. The van der Waals surface area contributed by atoms with Crippen molar-refractivity contribution in [2.45, 2.75) is 19.8 Å². The number of aliphatic hydroxyl groups is 1. The molecule has 0 saturated carbocycles. The SMILES string of the molecule is CC(CC(=O)N(C)CCN(C)CCO)Cc1cccc(F)c1. The smallest absolute Gasteiger partial charge is 0.222 e. The number of carbonyl (C=O) groups is 1. The van der Waals surface area contributed by atoms with E-state index in [0.29, 0.717) is 25.9 Å². The summed E-state index contributed by atoms with van der Waals surface area (Å²) in [7, 11) is 3.71. The van der Waals surface area contributed by atoms with Crippen LogP contribution in [0.3, 0.4) is 0 Å². The monoisotopic (exact) mass is 310 g/mol. The molecule has 22 heavy (non-hydrogen) atoms. The third kappa shape index (κ3) is 7.00. The number of likely N-dealkylation sites (N-methyl/N-ethyl adjacent to an activating group) is 2. The molecular weight excluding hydrogens is 283 g/mol. The Labute approximate surface area is 132 Å². The average molecular weight is 310 g/mol. The summed E-state index contributed by atoms with van der Waals surface area (Å²) in [5.74, 6) is 0.0355. The molecular formula is C17H27FN2O2. The lowest BCUT2D eigenvalue weighted by Gasteiger charge is -2.23. The van der Waals surface area contributed by atoms with E-state index in [2.05, 4.69) is 0 Å². The van der Waals surface area contributed by atoms with Crippen LogP contribution in [0.2, 0.25) is 0 Å². The number of halogens is 1. The third-order valence-electron chi connectivity index (χ3n) is 3.72. The largest absolute Gasteiger partial charge is 0.395 e. The molecule has 4 nitrogen and oxygen atoms in total. The molecule has 0 fully saturated rings. The number of hydrogen-bond acceptors (Lipinski definition) is 3. The molecule has 5 heteroatoms. The lowest BCUT2D eigenvalue weighted by atomic mass is 9.97. The highest BCUT2D eigenvalue weighted by Gasteiger charge is 2.14. The van der Waals surface area contributed by atoms with E-state index in [-0.39, 0.29) is 24.2 Å². The van der Waals surface area contributed by atoms with Crippen molar-refractivity contribution in [2.75, 3.05) is 40.3 Å². The first kappa shape index (κ1) is 18.6. The van der Waals surface area contributed by atoms with Crippen molar-refractivity contribution in [2.24, 2.45) is 5.92 Å². The summed E-state index contributed by atoms with van der Waals surface area (Å²) in [6.07, 6.45) is 1.15. The summed E-state index contributed by atoms with van der Waals surface area (Å²) in [5, 5.41) is 8.84. The number of nitrogens with zero attached hydrogens (tertiary/aromatic N) is 2. The fourth-order valence-corrected chi connectivity index (χ4v) is 2.32. The molecule has 0 aliphatic carbocycles. The quantitative estimate of drug-likeness (QED) is 0.756. The van der Waals surface area contributed by atoms with Gasteiger partial charge in [-0.3, -0.25) is 4.79 Å². The molecule has 124 valence electrons. The summed E-state index contributed by atoms with van der Waals surface area (Å²) in [4.78, 5) is 15.9. The van der Waals surface area contributed by atoms with E-state index in [4.69, 9.17) is 5.11 Å². The number of hydrogen-bond donors (Lipinski definition) is 1. The second-order valence-corrected chi connectivity index (χ2v) is 5.99. The zero-order valence-electron chi connectivity index (χ0n) is 13.8. The van der Waals surface area contributed by atoms with Crippen LogP contribution in [0.4, 0.5) is 4.39 Å². The van der Waals surface area contributed by atoms with Crippen molar-refractivity contribution in [3.8, 4) is 0 Å². The lowest BCUT2D eigenvalue weighted by Crippen LogP contribution is -2.36. The molecule has 0 aromatic heterocycles. The summed E-state index contributed by atoms with van der Waals surface area (Å²) < 4.78 is 13.1. The van der Waals surface area contributed by atoms with E-state index in [1.165, 1.54) is 12.1 Å². The van der Waals surface area contributed by atoms with Gasteiger partial charge in [-0.1, -0.05) is 19.1 Å². The van der Waals surface area contributed by atoms with E-state index >= 15 is 0 Å². The number of rotatable bonds is 9. The van der Waals surface area contributed by atoms with Gasteiger partial charge in [-0.2, -0.15) is 0 Å². The molecule has 1 amide bonds. The van der Waals surface area contributed by atoms with Gasteiger partial charge in [-0.15, -0.1) is 0 Å². The zero-order chi connectivity index (χ0) is 16.5. The Morgan fingerprint density at radius 1 is 1.27 bits per heavy atom.